The van der Waals surface area contributed by atoms with Gasteiger partial charge in [-0.15, -0.1) is 0 Å². The van der Waals surface area contributed by atoms with Crippen molar-refractivity contribution in [3.63, 3.8) is 0 Å². The summed E-state index contributed by atoms with van der Waals surface area (Å²) in [6.45, 7) is 7.05. The standard InChI is InChI=1S/C45H46F4N2O4/c1-3-29-6-13-41-33(22-29)14-15-45(55-41)16-18-51(19-17-45)20-21-54-36-9-7-32(8-10-36)43(53)50-35-26-34(23-30-4-11-37(46)39(48)24-30)42(52)44(2,28-35)27-31-5-12-38(47)40(49)25-31/h4-13,22-25,35H,3,14-21,26-28H2,1-2H3,(H,50,53)/b34-23+. The lowest BCUT2D eigenvalue weighted by molar-refractivity contribution is -0.126. The van der Waals surface area contributed by atoms with E-state index in [1.165, 1.54) is 29.3 Å². The molecule has 7 rings (SSSR count). The van der Waals surface area contributed by atoms with E-state index in [1.54, 1.807) is 31.2 Å². The Morgan fingerprint density at radius 2 is 1.60 bits per heavy atom. The van der Waals surface area contributed by atoms with Crippen LogP contribution in [0.4, 0.5) is 17.6 Å². The van der Waals surface area contributed by atoms with Crippen LogP contribution in [0.1, 0.15) is 78.6 Å². The third-order valence-corrected chi connectivity index (χ3v) is 11.5. The van der Waals surface area contributed by atoms with Crippen LogP contribution in [0.25, 0.3) is 6.08 Å². The van der Waals surface area contributed by atoms with Gasteiger partial charge in [-0.2, -0.15) is 0 Å². The molecule has 1 saturated carbocycles. The number of rotatable bonds is 10. The van der Waals surface area contributed by atoms with Crippen molar-refractivity contribution in [3.8, 4) is 11.5 Å². The number of piperidine rings is 1. The zero-order chi connectivity index (χ0) is 38.7. The number of aryl methyl sites for hydroxylation is 2. The first-order valence-electron chi connectivity index (χ1n) is 19.1. The molecule has 1 spiro atoms. The van der Waals surface area contributed by atoms with Gasteiger partial charge in [-0.3, -0.25) is 14.5 Å². The highest BCUT2D eigenvalue weighted by Gasteiger charge is 2.43. The molecule has 2 unspecified atom stereocenters. The largest absolute Gasteiger partial charge is 0.492 e. The van der Waals surface area contributed by atoms with E-state index >= 15 is 0 Å². The van der Waals surface area contributed by atoms with Gasteiger partial charge in [0.15, 0.2) is 29.1 Å². The van der Waals surface area contributed by atoms with Gasteiger partial charge in [0.2, 0.25) is 0 Å². The van der Waals surface area contributed by atoms with Crippen molar-refractivity contribution in [2.24, 2.45) is 5.41 Å². The Kier molecular flexibility index (Phi) is 11.2. The molecular formula is C45H46F4N2O4. The first-order chi connectivity index (χ1) is 26.4. The molecule has 55 heavy (non-hydrogen) atoms. The van der Waals surface area contributed by atoms with Crippen LogP contribution in [0.2, 0.25) is 0 Å². The quantitative estimate of drug-likeness (QED) is 0.130. The molecule has 6 nitrogen and oxygen atoms in total. The lowest BCUT2D eigenvalue weighted by Gasteiger charge is -2.44. The third-order valence-electron chi connectivity index (χ3n) is 11.5. The summed E-state index contributed by atoms with van der Waals surface area (Å²) in [6.07, 6.45) is 7.03. The summed E-state index contributed by atoms with van der Waals surface area (Å²) in [5, 5.41) is 3.04. The van der Waals surface area contributed by atoms with Crippen LogP contribution in [0.5, 0.6) is 11.5 Å². The highest BCUT2D eigenvalue weighted by molar-refractivity contribution is 6.04. The number of amides is 1. The maximum atomic E-state index is 14.1. The molecule has 1 amide bonds. The normalized spacial score (nSPS) is 21.6. The maximum absolute atomic E-state index is 14.1. The van der Waals surface area contributed by atoms with Crippen molar-refractivity contribution < 1.29 is 36.6 Å². The van der Waals surface area contributed by atoms with Gasteiger partial charge in [-0.1, -0.05) is 38.1 Å². The van der Waals surface area contributed by atoms with Crippen molar-refractivity contribution in [2.75, 3.05) is 26.2 Å². The predicted octanol–water partition coefficient (Wildman–Crippen LogP) is 8.84. The summed E-state index contributed by atoms with van der Waals surface area (Å²) in [6, 6.07) is 19.8. The van der Waals surface area contributed by atoms with Crippen LogP contribution >= 0.6 is 0 Å². The minimum atomic E-state index is -1.11. The molecule has 2 fully saturated rings. The molecule has 0 aromatic heterocycles. The van der Waals surface area contributed by atoms with Crippen LogP contribution in [0.15, 0.2) is 84.4 Å². The molecule has 2 atom stereocenters. The molecule has 2 heterocycles. The summed E-state index contributed by atoms with van der Waals surface area (Å²) in [7, 11) is 0. The second-order valence-electron chi connectivity index (χ2n) is 15.5. The first kappa shape index (κ1) is 38.3. The van der Waals surface area contributed by atoms with Gasteiger partial charge in [-0.05, 0) is 140 Å². The molecule has 1 saturated heterocycles. The number of ether oxygens (including phenoxy) is 2. The number of carbonyl (C=O) groups is 2. The highest BCUT2D eigenvalue weighted by Crippen LogP contribution is 2.41. The molecule has 10 heteroatoms. The molecule has 1 aliphatic carbocycles. The molecule has 0 radical (unpaired) electrons. The van der Waals surface area contributed by atoms with E-state index in [2.05, 4.69) is 35.3 Å². The Morgan fingerprint density at radius 3 is 2.31 bits per heavy atom. The number of ketones is 1. The van der Waals surface area contributed by atoms with Crippen molar-refractivity contribution in [1.82, 2.24) is 10.2 Å². The van der Waals surface area contributed by atoms with Gasteiger partial charge in [0, 0.05) is 36.7 Å². The monoisotopic (exact) mass is 754 g/mol. The Morgan fingerprint density at radius 1 is 0.891 bits per heavy atom. The van der Waals surface area contributed by atoms with Crippen LogP contribution in [0.3, 0.4) is 0 Å². The lowest BCUT2D eigenvalue weighted by Crippen LogP contribution is -2.50. The number of hydrogen-bond acceptors (Lipinski definition) is 5. The molecule has 4 aromatic rings. The van der Waals surface area contributed by atoms with Crippen LogP contribution < -0.4 is 14.8 Å². The van der Waals surface area contributed by atoms with E-state index < -0.39 is 34.7 Å². The number of hydrogen-bond donors (Lipinski definition) is 1. The Bertz CT molecular complexity index is 2090. The fraction of sp³-hybridized carbons (Fsp3) is 0.378. The number of fused-ring (bicyclic) bond motifs is 1. The van der Waals surface area contributed by atoms with Crippen molar-refractivity contribution >= 4 is 17.8 Å². The van der Waals surface area contributed by atoms with Crippen molar-refractivity contribution in [3.05, 3.63) is 136 Å². The zero-order valence-electron chi connectivity index (χ0n) is 31.2. The van der Waals surface area contributed by atoms with E-state index in [0.29, 0.717) is 34.6 Å². The number of nitrogens with one attached hydrogen (secondary N) is 1. The minimum absolute atomic E-state index is 0.0803. The molecule has 2 aliphatic heterocycles. The van der Waals surface area contributed by atoms with Gasteiger partial charge in [-0.25, -0.2) is 17.6 Å². The number of likely N-dealkylation sites (tertiary alicyclic amines) is 1. The Hall–Kier alpha value is -4.96. The molecule has 4 aromatic carbocycles. The van der Waals surface area contributed by atoms with Gasteiger partial charge in [0.1, 0.15) is 23.7 Å². The van der Waals surface area contributed by atoms with Crippen LogP contribution in [-0.2, 0) is 24.1 Å². The van der Waals surface area contributed by atoms with E-state index in [9.17, 15) is 27.2 Å². The second-order valence-corrected chi connectivity index (χ2v) is 15.5. The van der Waals surface area contributed by atoms with E-state index in [-0.39, 0.29) is 36.6 Å². The summed E-state index contributed by atoms with van der Waals surface area (Å²) < 4.78 is 68.1. The van der Waals surface area contributed by atoms with Gasteiger partial charge >= 0.3 is 0 Å². The molecule has 0 bridgehead atoms. The van der Waals surface area contributed by atoms with Crippen LogP contribution in [-0.4, -0.2) is 54.5 Å². The van der Waals surface area contributed by atoms with E-state index in [0.717, 1.165) is 81.8 Å². The average molecular weight is 755 g/mol. The number of carbonyl (C=O) groups excluding carboxylic acids is 2. The smallest absolute Gasteiger partial charge is 0.251 e. The summed E-state index contributed by atoms with van der Waals surface area (Å²) >= 11 is 0. The fourth-order valence-electron chi connectivity index (χ4n) is 8.33. The molecular weight excluding hydrogens is 708 g/mol. The van der Waals surface area contributed by atoms with Crippen molar-refractivity contribution in [2.45, 2.75) is 76.9 Å². The Labute approximate surface area is 319 Å². The summed E-state index contributed by atoms with van der Waals surface area (Å²) in [5.41, 5.74) is 2.89. The minimum Gasteiger partial charge on any atom is -0.492 e. The Balaban J connectivity index is 0.946. The van der Waals surface area contributed by atoms with E-state index in [1.807, 2.05) is 0 Å². The number of nitrogens with zero attached hydrogens (tertiary/aromatic N) is 1. The maximum Gasteiger partial charge on any atom is 0.251 e. The molecule has 1 N–H and O–H groups in total. The van der Waals surface area contributed by atoms with Crippen molar-refractivity contribution in [1.29, 1.82) is 0 Å². The number of benzene rings is 4. The topological polar surface area (TPSA) is 67.9 Å². The average Bonchev–Trinajstić information content (AvgIpc) is 3.17. The summed E-state index contributed by atoms with van der Waals surface area (Å²) in [5.74, 6) is -3.02. The van der Waals surface area contributed by atoms with Crippen LogP contribution in [0, 0.1) is 28.7 Å². The zero-order valence-corrected chi connectivity index (χ0v) is 31.2. The third kappa shape index (κ3) is 8.80. The molecule has 288 valence electrons. The highest BCUT2D eigenvalue weighted by atomic mass is 19.2. The predicted molar refractivity (Wildman–Crippen MR) is 203 cm³/mol. The molecule has 3 aliphatic rings. The lowest BCUT2D eigenvalue weighted by atomic mass is 9.67. The number of Topliss-reactive ketones (excluding diaryl/α,β-unsaturated/α-hetero) is 1. The summed E-state index contributed by atoms with van der Waals surface area (Å²) in [4.78, 5) is 29.8. The second kappa shape index (κ2) is 16.0. The van der Waals surface area contributed by atoms with E-state index in [4.69, 9.17) is 9.47 Å². The van der Waals surface area contributed by atoms with Gasteiger partial charge in [0.25, 0.3) is 5.91 Å². The first-order valence-corrected chi connectivity index (χ1v) is 19.1. The SMILES string of the molecule is CCc1ccc2c(c1)CCC1(CCN(CCOc3ccc(C(=O)NC4C/C(=C\c5ccc(F)c(F)c5)C(=O)C(C)(Cc5ccc(F)c(F)c5)C4)cc3)CC1)O2. The number of halogens is 4. The fourth-order valence-corrected chi connectivity index (χ4v) is 8.33. The van der Waals surface area contributed by atoms with Gasteiger partial charge < -0.3 is 14.8 Å². The van der Waals surface area contributed by atoms with Gasteiger partial charge in [0.05, 0.1) is 0 Å².